The van der Waals surface area contributed by atoms with Crippen molar-refractivity contribution in [2.75, 3.05) is 6.61 Å². The maximum absolute atomic E-state index is 12.4. The third-order valence-corrected chi connectivity index (χ3v) is 7.33. The van der Waals surface area contributed by atoms with Crippen molar-refractivity contribution >= 4 is 11.8 Å². The number of hydrogen-bond donors (Lipinski definition) is 2. The summed E-state index contributed by atoms with van der Waals surface area (Å²) in [6, 6.07) is 0. The minimum Gasteiger partial charge on any atom is -0.459 e. The monoisotopic (exact) mass is 506 g/mol. The van der Waals surface area contributed by atoms with Crippen molar-refractivity contribution in [1.82, 2.24) is 0 Å². The van der Waals surface area contributed by atoms with Crippen molar-refractivity contribution in [3.63, 3.8) is 0 Å². The molecule has 0 aromatic heterocycles. The van der Waals surface area contributed by atoms with Gasteiger partial charge >= 0.3 is 5.97 Å². The molecular weight excluding hydrogens is 464 g/mol. The number of carbonyl (C=O) groups excluding carboxylic acids is 2. The largest absolute Gasteiger partial charge is 0.459 e. The predicted octanol–water partition coefficient (Wildman–Crippen LogP) is 3.40. The number of aliphatic hydroxyl groups is 2. The maximum atomic E-state index is 12.4. The average molecular weight is 507 g/mol. The molecule has 0 unspecified atom stereocenters. The van der Waals surface area contributed by atoms with Crippen LogP contribution in [0.5, 0.6) is 0 Å². The number of ether oxygens (including phenoxy) is 4. The molecule has 3 aliphatic heterocycles. The Morgan fingerprint density at radius 2 is 1.92 bits per heavy atom. The van der Waals surface area contributed by atoms with Gasteiger partial charge in [0.2, 0.25) is 0 Å². The van der Waals surface area contributed by atoms with Crippen LogP contribution in [0.3, 0.4) is 0 Å². The zero-order chi connectivity index (χ0) is 26.7. The highest BCUT2D eigenvalue weighted by molar-refractivity contribution is 5.89. The molecule has 1 spiro atoms. The van der Waals surface area contributed by atoms with Crippen LogP contribution in [0.2, 0.25) is 0 Å². The first kappa shape index (κ1) is 28.7. The van der Waals surface area contributed by atoms with E-state index in [0.29, 0.717) is 18.9 Å². The van der Waals surface area contributed by atoms with Crippen molar-refractivity contribution in [2.24, 2.45) is 11.8 Å². The molecule has 0 radical (unpaired) electrons. The van der Waals surface area contributed by atoms with Crippen LogP contribution in [0.15, 0.2) is 36.0 Å². The number of hydrogen-bond acceptors (Lipinski definition) is 8. The van der Waals surface area contributed by atoms with Crippen molar-refractivity contribution < 1.29 is 38.7 Å². The van der Waals surface area contributed by atoms with Gasteiger partial charge < -0.3 is 29.2 Å². The third-order valence-electron chi connectivity index (χ3n) is 7.33. The average Bonchev–Trinajstić information content (AvgIpc) is 3.54. The van der Waals surface area contributed by atoms with E-state index in [9.17, 15) is 19.8 Å². The molecule has 36 heavy (non-hydrogen) atoms. The molecule has 3 rings (SSSR count). The first-order chi connectivity index (χ1) is 16.8. The molecular formula is C28H42O8. The number of esters is 1. The highest BCUT2D eigenvalue weighted by Gasteiger charge is 2.61. The Hall–Kier alpha value is -1.84. The van der Waals surface area contributed by atoms with Crippen LogP contribution in [0.25, 0.3) is 0 Å². The van der Waals surface area contributed by atoms with Crippen LogP contribution >= 0.6 is 0 Å². The van der Waals surface area contributed by atoms with Gasteiger partial charge in [-0.05, 0) is 64.5 Å². The first-order valence-electron chi connectivity index (χ1n) is 12.9. The Balaban J connectivity index is 1.49. The summed E-state index contributed by atoms with van der Waals surface area (Å²) < 4.78 is 22.4. The van der Waals surface area contributed by atoms with Crippen LogP contribution in [-0.2, 0) is 28.5 Å². The highest BCUT2D eigenvalue weighted by Crippen LogP contribution is 2.45. The Morgan fingerprint density at radius 1 is 1.22 bits per heavy atom. The van der Waals surface area contributed by atoms with Gasteiger partial charge in [-0.1, -0.05) is 30.7 Å². The predicted molar refractivity (Wildman–Crippen MR) is 134 cm³/mol. The summed E-state index contributed by atoms with van der Waals surface area (Å²) in [7, 11) is 0. The van der Waals surface area contributed by atoms with Crippen LogP contribution in [0, 0.1) is 11.8 Å². The summed E-state index contributed by atoms with van der Waals surface area (Å²) in [6.07, 6.45) is 9.30. The Morgan fingerprint density at radius 3 is 2.56 bits per heavy atom. The summed E-state index contributed by atoms with van der Waals surface area (Å²) in [5, 5.41) is 21.0. The smallest absolute Gasteiger partial charge is 0.303 e. The van der Waals surface area contributed by atoms with Crippen LogP contribution in [0.4, 0.5) is 0 Å². The quantitative estimate of drug-likeness (QED) is 0.212. The maximum Gasteiger partial charge on any atom is 0.303 e. The summed E-state index contributed by atoms with van der Waals surface area (Å²) in [5.74, 6) is -1.27. The van der Waals surface area contributed by atoms with Crippen molar-refractivity contribution in [2.45, 2.75) is 109 Å². The second-order valence-corrected chi connectivity index (χ2v) is 11.0. The number of rotatable bonds is 9. The topological polar surface area (TPSA) is 115 Å². The van der Waals surface area contributed by atoms with E-state index in [1.54, 1.807) is 26.0 Å². The van der Waals surface area contributed by atoms with Crippen molar-refractivity contribution in [3.05, 3.63) is 36.0 Å². The minimum absolute atomic E-state index is 0.00505. The number of epoxide rings is 1. The molecule has 8 nitrogen and oxygen atoms in total. The number of carbonyl (C=O) groups is 2. The summed E-state index contributed by atoms with van der Waals surface area (Å²) in [5.41, 5.74) is 0.305. The lowest BCUT2D eigenvalue weighted by molar-refractivity contribution is -0.272. The van der Waals surface area contributed by atoms with Gasteiger partial charge in [0.25, 0.3) is 0 Å². The molecule has 2 N–H and O–H groups in total. The van der Waals surface area contributed by atoms with E-state index in [0.717, 1.165) is 18.4 Å². The lowest BCUT2D eigenvalue weighted by Crippen LogP contribution is -2.54. The third kappa shape index (κ3) is 7.83. The van der Waals surface area contributed by atoms with Gasteiger partial charge in [-0.15, -0.1) is 0 Å². The normalized spacial score (nSPS) is 40.1. The van der Waals surface area contributed by atoms with Gasteiger partial charge in [-0.25, -0.2) is 0 Å². The molecule has 9 atom stereocenters. The zero-order valence-corrected chi connectivity index (χ0v) is 22.3. The minimum atomic E-state index is -1.34. The second kappa shape index (κ2) is 11.7. The van der Waals surface area contributed by atoms with E-state index < -0.39 is 29.7 Å². The molecule has 0 amide bonds. The lowest BCUT2D eigenvalue weighted by Gasteiger charge is -2.40. The summed E-state index contributed by atoms with van der Waals surface area (Å²) in [4.78, 5) is 23.4. The molecule has 3 aliphatic rings. The Kier molecular flexibility index (Phi) is 9.33. The Bertz CT molecular complexity index is 884. The van der Waals surface area contributed by atoms with Gasteiger partial charge in [0.05, 0.1) is 18.8 Å². The Labute approximate surface area is 214 Å². The fraction of sp³-hybridized carbons (Fsp3) is 0.714. The summed E-state index contributed by atoms with van der Waals surface area (Å²) in [6.45, 7) is 11.2. The fourth-order valence-corrected chi connectivity index (χ4v) is 5.23. The van der Waals surface area contributed by atoms with Crippen LogP contribution in [0.1, 0.15) is 67.2 Å². The number of allylic oxidation sites excluding steroid dienone is 3. The molecule has 3 saturated heterocycles. The van der Waals surface area contributed by atoms with Gasteiger partial charge in [-0.3, -0.25) is 9.59 Å². The molecule has 3 fully saturated rings. The molecule has 0 saturated carbocycles. The lowest BCUT2D eigenvalue weighted by atomic mass is 9.81. The molecule has 8 heteroatoms. The molecule has 0 aliphatic carbocycles. The standard InChI is InChI=1S/C28H42O8/c1-17(8-12-25-26(31)28(16-33-28)15-27(6,32)36-25)7-11-24-18(2)13-22(20(4)35-24)14-23(30)10-9-19(3)34-21(5)29/h7-10,12,18-20,22,24-26,31-32H,11,13-16H2,1-6H3/b10-9-,12-8+,17-7+/t18-,19-,20+,22-,24-,25+,26+,27-,28+/m0/s1. The van der Waals surface area contributed by atoms with E-state index >= 15 is 0 Å². The van der Waals surface area contributed by atoms with Gasteiger partial charge in [0.1, 0.15) is 23.9 Å². The zero-order valence-electron chi connectivity index (χ0n) is 22.3. The molecule has 0 bridgehead atoms. The van der Waals surface area contributed by atoms with Crippen LogP contribution in [-0.4, -0.2) is 70.5 Å². The van der Waals surface area contributed by atoms with E-state index in [1.807, 2.05) is 19.9 Å². The van der Waals surface area contributed by atoms with E-state index in [2.05, 4.69) is 13.0 Å². The van der Waals surface area contributed by atoms with E-state index in [1.165, 1.54) is 13.0 Å². The van der Waals surface area contributed by atoms with Crippen molar-refractivity contribution in [3.8, 4) is 0 Å². The van der Waals surface area contributed by atoms with E-state index in [4.69, 9.17) is 18.9 Å². The SMILES string of the molecule is CC(=O)O[C@@H](C)/C=C\C(=O)C[C@@H]1C[C@H](C)[C@H](C/C=C(C)/C=C/[C@H]2O[C@](C)(O)C[C@@]3(CO3)[C@@H]2O)O[C@@H]1C. The van der Waals surface area contributed by atoms with Crippen molar-refractivity contribution in [1.29, 1.82) is 0 Å². The second-order valence-electron chi connectivity index (χ2n) is 11.0. The summed E-state index contributed by atoms with van der Waals surface area (Å²) >= 11 is 0. The molecule has 0 aromatic rings. The van der Waals surface area contributed by atoms with Gasteiger partial charge in [-0.2, -0.15) is 0 Å². The van der Waals surface area contributed by atoms with Gasteiger partial charge in [0.15, 0.2) is 11.6 Å². The molecule has 3 heterocycles. The van der Waals surface area contributed by atoms with E-state index in [-0.39, 0.29) is 36.3 Å². The molecule has 0 aromatic carbocycles. The fourth-order valence-electron chi connectivity index (χ4n) is 5.23. The molecule has 202 valence electrons. The number of aliphatic hydroxyl groups excluding tert-OH is 1. The first-order valence-corrected chi connectivity index (χ1v) is 12.9. The van der Waals surface area contributed by atoms with Gasteiger partial charge in [0, 0.05) is 19.8 Å². The number of ketones is 1. The highest BCUT2D eigenvalue weighted by atomic mass is 16.7. The van der Waals surface area contributed by atoms with Crippen LogP contribution < -0.4 is 0 Å².